The third-order valence-corrected chi connectivity index (χ3v) is 3.58. The fraction of sp³-hybridized carbons (Fsp3) is 0.952. The minimum atomic E-state index is -0.546. The smallest absolute Gasteiger partial charge is 0.431 e. The number of hydrogen-bond acceptors (Lipinski definition) is 9. The SMILES string of the molecule is CCCCC(CC)CO.CCOCCO.CCOCCOCCO.O=C1OCCO1. The van der Waals surface area contributed by atoms with E-state index in [4.69, 9.17) is 29.5 Å². The van der Waals surface area contributed by atoms with Crippen molar-refractivity contribution in [3.63, 3.8) is 0 Å². The second kappa shape index (κ2) is 32.7. The van der Waals surface area contributed by atoms with Gasteiger partial charge in [0.2, 0.25) is 0 Å². The molecule has 0 aromatic rings. The molecule has 0 bridgehead atoms. The predicted molar refractivity (Wildman–Crippen MR) is 116 cm³/mol. The summed E-state index contributed by atoms with van der Waals surface area (Å²) in [6.07, 6.45) is 4.28. The van der Waals surface area contributed by atoms with Crippen LogP contribution in [0.1, 0.15) is 53.4 Å². The van der Waals surface area contributed by atoms with Crippen LogP contribution in [0.15, 0.2) is 0 Å². The molecule has 30 heavy (non-hydrogen) atoms. The highest BCUT2D eigenvalue weighted by molar-refractivity contribution is 5.61. The monoisotopic (exact) mass is 442 g/mol. The molecule has 1 atom stereocenters. The van der Waals surface area contributed by atoms with E-state index in [1.54, 1.807) is 0 Å². The lowest BCUT2D eigenvalue weighted by molar-refractivity contribution is 0.0370. The summed E-state index contributed by atoms with van der Waals surface area (Å²) in [5, 5.41) is 25.1. The Morgan fingerprint density at radius 1 is 0.833 bits per heavy atom. The zero-order valence-corrected chi connectivity index (χ0v) is 19.5. The van der Waals surface area contributed by atoms with Crippen LogP contribution in [0.5, 0.6) is 0 Å². The molecule has 1 rings (SSSR count). The van der Waals surface area contributed by atoms with Crippen molar-refractivity contribution in [2.75, 3.05) is 72.7 Å². The molecule has 0 radical (unpaired) electrons. The molecule has 0 aromatic carbocycles. The summed E-state index contributed by atoms with van der Waals surface area (Å²) in [4.78, 5) is 9.80. The van der Waals surface area contributed by atoms with Crippen LogP contribution in [-0.2, 0) is 23.7 Å². The lowest BCUT2D eigenvalue weighted by atomic mass is 10.0. The topological polar surface area (TPSA) is 124 Å². The normalized spacial score (nSPS) is 12.8. The molecule has 1 unspecified atom stereocenters. The first-order chi connectivity index (χ1) is 14.6. The number of aliphatic hydroxyl groups excluding tert-OH is 3. The number of hydrogen-bond donors (Lipinski definition) is 3. The van der Waals surface area contributed by atoms with Gasteiger partial charge in [-0.15, -0.1) is 0 Å². The van der Waals surface area contributed by atoms with Gasteiger partial charge in [0.25, 0.3) is 0 Å². The minimum Gasteiger partial charge on any atom is -0.431 e. The van der Waals surface area contributed by atoms with Gasteiger partial charge in [0.05, 0.1) is 39.6 Å². The van der Waals surface area contributed by atoms with E-state index in [2.05, 4.69) is 23.3 Å². The maximum absolute atomic E-state index is 9.80. The van der Waals surface area contributed by atoms with E-state index in [0.29, 0.717) is 58.8 Å². The zero-order valence-electron chi connectivity index (χ0n) is 19.5. The Hall–Kier alpha value is -0.970. The Morgan fingerprint density at radius 2 is 1.33 bits per heavy atom. The Balaban J connectivity index is -0.000000329. The van der Waals surface area contributed by atoms with Gasteiger partial charge in [-0.05, 0) is 26.2 Å². The summed E-state index contributed by atoms with van der Waals surface area (Å²) in [7, 11) is 0. The predicted octanol–water partition coefficient (Wildman–Crippen LogP) is 2.40. The highest BCUT2D eigenvalue weighted by Gasteiger charge is 2.09. The van der Waals surface area contributed by atoms with E-state index >= 15 is 0 Å². The largest absolute Gasteiger partial charge is 0.508 e. The van der Waals surface area contributed by atoms with E-state index in [9.17, 15) is 4.79 Å². The third kappa shape index (κ3) is 34.5. The molecule has 0 aliphatic carbocycles. The molecule has 3 N–H and O–H groups in total. The van der Waals surface area contributed by atoms with Gasteiger partial charge in [0.15, 0.2) is 0 Å². The van der Waals surface area contributed by atoms with Gasteiger partial charge in [0, 0.05) is 19.8 Å². The molecule has 184 valence electrons. The summed E-state index contributed by atoms with van der Waals surface area (Å²) in [5.74, 6) is 0.560. The summed E-state index contributed by atoms with van der Waals surface area (Å²) >= 11 is 0. The molecule has 0 amide bonds. The van der Waals surface area contributed by atoms with E-state index in [-0.39, 0.29) is 13.2 Å². The molecule has 1 fully saturated rings. The summed E-state index contributed by atoms with van der Waals surface area (Å²) in [5.41, 5.74) is 0. The van der Waals surface area contributed by atoms with Gasteiger partial charge >= 0.3 is 6.16 Å². The van der Waals surface area contributed by atoms with E-state index in [1.807, 2.05) is 13.8 Å². The fourth-order valence-corrected chi connectivity index (χ4v) is 1.85. The van der Waals surface area contributed by atoms with Gasteiger partial charge in [-0.25, -0.2) is 4.79 Å². The number of cyclic esters (lactones) is 2. The van der Waals surface area contributed by atoms with Crippen LogP contribution < -0.4 is 0 Å². The molecule has 1 heterocycles. The standard InChI is InChI=1S/C8H18O.C6H14O3.C4H10O2.C3H4O3/c1-3-5-6-8(4-2)7-9;1-2-8-5-6-9-4-3-7;1-2-6-4-3-5;4-3-5-1-2-6-3/h8-9H,3-7H2,1-2H3;7H,2-6H2,1H3;5H,2-4H2,1H3;1-2H2. The Bertz CT molecular complexity index is 282. The third-order valence-electron chi connectivity index (χ3n) is 3.58. The molecular weight excluding hydrogens is 396 g/mol. The minimum absolute atomic E-state index is 0.0894. The highest BCUT2D eigenvalue weighted by atomic mass is 16.8. The van der Waals surface area contributed by atoms with Gasteiger partial charge in [-0.2, -0.15) is 0 Å². The zero-order chi connectivity index (χ0) is 23.3. The lowest BCUT2D eigenvalue weighted by Gasteiger charge is -2.08. The molecule has 1 aliphatic heterocycles. The summed E-state index contributed by atoms with van der Waals surface area (Å²) < 4.78 is 23.2. The lowest BCUT2D eigenvalue weighted by Crippen LogP contribution is -2.06. The van der Waals surface area contributed by atoms with E-state index < -0.39 is 6.16 Å². The molecule has 0 saturated carbocycles. The van der Waals surface area contributed by atoms with Crippen molar-refractivity contribution in [3.8, 4) is 0 Å². The van der Waals surface area contributed by atoms with Crippen LogP contribution in [0.3, 0.4) is 0 Å². The molecular formula is C21H46O9. The first-order valence-electron chi connectivity index (χ1n) is 10.9. The van der Waals surface area contributed by atoms with Crippen molar-refractivity contribution < 1.29 is 43.8 Å². The van der Waals surface area contributed by atoms with Crippen molar-refractivity contribution in [1.82, 2.24) is 0 Å². The van der Waals surface area contributed by atoms with Crippen molar-refractivity contribution in [2.24, 2.45) is 5.92 Å². The molecule has 1 aliphatic rings. The molecule has 0 spiro atoms. The Morgan fingerprint density at radius 3 is 1.67 bits per heavy atom. The first kappa shape index (κ1) is 33.7. The number of unbranched alkanes of at least 4 members (excludes halogenated alkanes) is 1. The van der Waals surface area contributed by atoms with Crippen molar-refractivity contribution in [3.05, 3.63) is 0 Å². The van der Waals surface area contributed by atoms with Gasteiger partial charge in [0.1, 0.15) is 13.2 Å². The van der Waals surface area contributed by atoms with Crippen LogP contribution in [0.2, 0.25) is 0 Å². The highest BCUT2D eigenvalue weighted by Crippen LogP contribution is 2.10. The maximum Gasteiger partial charge on any atom is 0.508 e. The van der Waals surface area contributed by atoms with Crippen LogP contribution in [0.4, 0.5) is 4.79 Å². The Kier molecular flexibility index (Phi) is 36.7. The Labute approximate surface area is 182 Å². The first-order valence-corrected chi connectivity index (χ1v) is 10.9. The second-order valence-electron chi connectivity index (χ2n) is 6.00. The van der Waals surface area contributed by atoms with Gasteiger partial charge < -0.3 is 39.0 Å². The van der Waals surface area contributed by atoms with Crippen LogP contribution in [-0.4, -0.2) is 94.2 Å². The van der Waals surface area contributed by atoms with Crippen molar-refractivity contribution in [2.45, 2.75) is 53.4 Å². The number of aliphatic hydroxyl groups is 3. The van der Waals surface area contributed by atoms with Crippen molar-refractivity contribution >= 4 is 6.16 Å². The van der Waals surface area contributed by atoms with Crippen LogP contribution in [0, 0.1) is 5.92 Å². The molecule has 1 saturated heterocycles. The van der Waals surface area contributed by atoms with E-state index in [0.717, 1.165) is 13.0 Å². The fourth-order valence-electron chi connectivity index (χ4n) is 1.85. The average molecular weight is 443 g/mol. The molecule has 9 heteroatoms. The van der Waals surface area contributed by atoms with E-state index in [1.165, 1.54) is 19.3 Å². The maximum atomic E-state index is 9.80. The average Bonchev–Trinajstić information content (AvgIpc) is 3.25. The van der Waals surface area contributed by atoms with Crippen LogP contribution in [0.25, 0.3) is 0 Å². The summed E-state index contributed by atoms with van der Waals surface area (Å²) in [6.45, 7) is 13.1. The summed E-state index contributed by atoms with van der Waals surface area (Å²) in [6, 6.07) is 0. The number of rotatable bonds is 14. The number of carbonyl (C=O) groups excluding carboxylic acids is 1. The van der Waals surface area contributed by atoms with Gasteiger partial charge in [-0.1, -0.05) is 33.1 Å². The van der Waals surface area contributed by atoms with Gasteiger partial charge in [-0.3, -0.25) is 0 Å². The number of carbonyl (C=O) groups is 1. The van der Waals surface area contributed by atoms with Crippen molar-refractivity contribution in [1.29, 1.82) is 0 Å². The number of ether oxygens (including phenoxy) is 5. The quantitative estimate of drug-likeness (QED) is 0.275. The van der Waals surface area contributed by atoms with Crippen LogP contribution >= 0.6 is 0 Å². The molecule has 0 aromatic heterocycles. The second-order valence-corrected chi connectivity index (χ2v) is 6.00. The molecule has 9 nitrogen and oxygen atoms in total.